The van der Waals surface area contributed by atoms with Crippen molar-refractivity contribution in [1.82, 2.24) is 14.5 Å². The number of carbonyl (C=O) groups excluding carboxylic acids is 2. The third-order valence-corrected chi connectivity index (χ3v) is 7.82. The van der Waals surface area contributed by atoms with Crippen LogP contribution in [0.4, 0.5) is 5.69 Å². The van der Waals surface area contributed by atoms with Crippen LogP contribution in [0.5, 0.6) is 0 Å². The van der Waals surface area contributed by atoms with Gasteiger partial charge >= 0.3 is 10.2 Å². The molecular formula is C28H42N4O4S. The maximum absolute atomic E-state index is 14.0. The van der Waals surface area contributed by atoms with Crippen molar-refractivity contribution >= 4 is 27.7 Å². The van der Waals surface area contributed by atoms with Crippen LogP contribution in [-0.4, -0.2) is 61.7 Å². The summed E-state index contributed by atoms with van der Waals surface area (Å²) < 4.78 is 29.0. The van der Waals surface area contributed by atoms with E-state index in [9.17, 15) is 18.0 Å². The molecule has 0 saturated heterocycles. The zero-order valence-electron chi connectivity index (χ0n) is 23.6. The highest BCUT2D eigenvalue weighted by Gasteiger charge is 2.35. The van der Waals surface area contributed by atoms with Gasteiger partial charge in [0.25, 0.3) is 0 Å². The zero-order chi connectivity index (χ0) is 28.1. The van der Waals surface area contributed by atoms with Crippen LogP contribution in [0.3, 0.4) is 0 Å². The average molecular weight is 531 g/mol. The SMILES string of the molecule is CC[C@H](C(=O)NC(C)(C)C)N(Cc1ccc(C)cc1)C(=O)CN(c1cc(C)ccc1C)S(=O)(=O)N(C)C. The lowest BCUT2D eigenvalue weighted by atomic mass is 10.1. The number of amides is 2. The first-order chi connectivity index (χ1) is 17.1. The Morgan fingerprint density at radius 3 is 2.03 bits per heavy atom. The predicted molar refractivity (Wildman–Crippen MR) is 150 cm³/mol. The second-order valence-electron chi connectivity index (χ2n) is 10.8. The lowest BCUT2D eigenvalue weighted by Crippen LogP contribution is -2.55. The van der Waals surface area contributed by atoms with E-state index in [1.807, 2.05) is 84.9 Å². The van der Waals surface area contributed by atoms with Crippen molar-refractivity contribution in [3.05, 3.63) is 64.7 Å². The highest BCUT2D eigenvalue weighted by molar-refractivity contribution is 7.90. The van der Waals surface area contributed by atoms with Gasteiger partial charge in [-0.2, -0.15) is 12.7 Å². The summed E-state index contributed by atoms with van der Waals surface area (Å²) in [7, 11) is -1.12. The standard InChI is InChI=1S/C28H42N4O4S/c1-10-24(27(34)29-28(5,6)7)31(18-23-15-12-20(2)13-16-23)26(33)19-32(37(35,36)30(8)9)25-17-21(3)11-14-22(25)4/h11-17,24H,10,18-19H2,1-9H3,(H,29,34)/t24-/m1/s1. The fourth-order valence-electron chi connectivity index (χ4n) is 3.95. The van der Waals surface area contributed by atoms with Gasteiger partial charge in [0.2, 0.25) is 11.8 Å². The van der Waals surface area contributed by atoms with Gasteiger partial charge < -0.3 is 10.2 Å². The van der Waals surface area contributed by atoms with Crippen LogP contribution in [0.1, 0.15) is 56.4 Å². The Labute approximate surface area is 222 Å². The summed E-state index contributed by atoms with van der Waals surface area (Å²) in [5, 5.41) is 2.98. The number of nitrogens with zero attached hydrogens (tertiary/aromatic N) is 3. The van der Waals surface area contributed by atoms with Gasteiger partial charge in [0.05, 0.1) is 5.69 Å². The number of aryl methyl sites for hydroxylation is 3. The summed E-state index contributed by atoms with van der Waals surface area (Å²) >= 11 is 0. The van der Waals surface area contributed by atoms with Crippen LogP contribution >= 0.6 is 0 Å². The molecule has 1 N–H and O–H groups in total. The molecule has 2 aromatic carbocycles. The normalized spacial score (nSPS) is 12.8. The molecule has 204 valence electrons. The van der Waals surface area contributed by atoms with Crippen molar-refractivity contribution in [3.8, 4) is 0 Å². The quantitative estimate of drug-likeness (QED) is 0.504. The van der Waals surface area contributed by atoms with E-state index in [1.54, 1.807) is 6.07 Å². The minimum absolute atomic E-state index is 0.178. The summed E-state index contributed by atoms with van der Waals surface area (Å²) in [4.78, 5) is 28.7. The maximum atomic E-state index is 14.0. The molecule has 1 atom stereocenters. The van der Waals surface area contributed by atoms with E-state index in [0.29, 0.717) is 12.1 Å². The molecule has 0 heterocycles. The highest BCUT2D eigenvalue weighted by Crippen LogP contribution is 2.26. The molecule has 0 aliphatic heterocycles. The summed E-state index contributed by atoms with van der Waals surface area (Å²) in [6, 6.07) is 12.5. The first kappa shape index (κ1) is 30.3. The average Bonchev–Trinajstić information content (AvgIpc) is 2.78. The van der Waals surface area contributed by atoms with E-state index in [1.165, 1.54) is 19.0 Å². The highest BCUT2D eigenvalue weighted by atomic mass is 32.2. The summed E-state index contributed by atoms with van der Waals surface area (Å²) in [6.45, 7) is 12.9. The first-order valence-corrected chi connectivity index (χ1v) is 13.9. The maximum Gasteiger partial charge on any atom is 0.304 e. The third-order valence-electron chi connectivity index (χ3n) is 6.01. The molecule has 0 spiro atoms. The summed E-state index contributed by atoms with van der Waals surface area (Å²) in [5.41, 5.74) is 3.49. The molecule has 0 fully saturated rings. The molecular weight excluding hydrogens is 488 g/mol. The van der Waals surface area contributed by atoms with Gasteiger partial charge in [-0.3, -0.25) is 9.59 Å². The Morgan fingerprint density at radius 1 is 0.946 bits per heavy atom. The molecule has 8 nitrogen and oxygen atoms in total. The van der Waals surface area contributed by atoms with Gasteiger partial charge in [-0.1, -0.05) is 48.9 Å². The number of carbonyl (C=O) groups is 2. The molecule has 37 heavy (non-hydrogen) atoms. The van der Waals surface area contributed by atoms with Crippen molar-refractivity contribution in [2.45, 2.75) is 73.0 Å². The molecule has 2 aromatic rings. The van der Waals surface area contributed by atoms with E-state index < -0.39 is 34.2 Å². The topological polar surface area (TPSA) is 90.0 Å². The third kappa shape index (κ3) is 8.04. The van der Waals surface area contributed by atoms with Crippen molar-refractivity contribution < 1.29 is 18.0 Å². The second-order valence-corrected chi connectivity index (χ2v) is 12.8. The van der Waals surface area contributed by atoms with Gasteiger partial charge in [0.15, 0.2) is 0 Å². The number of hydrogen-bond acceptors (Lipinski definition) is 4. The van der Waals surface area contributed by atoms with E-state index >= 15 is 0 Å². The molecule has 9 heteroatoms. The van der Waals surface area contributed by atoms with Gasteiger partial charge in [-0.05, 0) is 70.7 Å². The van der Waals surface area contributed by atoms with Crippen LogP contribution in [0.25, 0.3) is 0 Å². The molecule has 0 unspecified atom stereocenters. The molecule has 2 amide bonds. The Kier molecular flexibility index (Phi) is 9.91. The fourth-order valence-corrected chi connectivity index (χ4v) is 5.07. The minimum Gasteiger partial charge on any atom is -0.350 e. The first-order valence-electron chi connectivity index (χ1n) is 12.5. The van der Waals surface area contributed by atoms with E-state index in [0.717, 1.165) is 30.9 Å². The van der Waals surface area contributed by atoms with Crippen molar-refractivity contribution in [2.24, 2.45) is 0 Å². The Morgan fingerprint density at radius 2 is 1.51 bits per heavy atom. The molecule has 0 aromatic heterocycles. The largest absolute Gasteiger partial charge is 0.350 e. The monoisotopic (exact) mass is 530 g/mol. The molecule has 0 bridgehead atoms. The zero-order valence-corrected chi connectivity index (χ0v) is 24.4. The molecule has 0 aliphatic rings. The van der Waals surface area contributed by atoms with Crippen LogP contribution in [-0.2, 0) is 26.3 Å². The number of hydrogen-bond donors (Lipinski definition) is 1. The van der Waals surface area contributed by atoms with E-state index in [2.05, 4.69) is 5.32 Å². The van der Waals surface area contributed by atoms with Gasteiger partial charge in [0.1, 0.15) is 12.6 Å². The molecule has 0 aliphatic carbocycles. The van der Waals surface area contributed by atoms with Crippen LogP contribution in [0, 0.1) is 20.8 Å². The molecule has 0 saturated carbocycles. The smallest absolute Gasteiger partial charge is 0.304 e. The van der Waals surface area contributed by atoms with Crippen molar-refractivity contribution in [2.75, 3.05) is 24.9 Å². The Balaban J connectivity index is 2.57. The van der Waals surface area contributed by atoms with Crippen LogP contribution < -0.4 is 9.62 Å². The summed E-state index contributed by atoms with van der Waals surface area (Å²) in [6.07, 6.45) is 0.378. The van der Waals surface area contributed by atoms with Crippen LogP contribution in [0.2, 0.25) is 0 Å². The van der Waals surface area contributed by atoms with E-state index in [4.69, 9.17) is 0 Å². The summed E-state index contributed by atoms with van der Waals surface area (Å²) in [5.74, 6) is -0.730. The Hall–Kier alpha value is -2.91. The van der Waals surface area contributed by atoms with Gasteiger partial charge in [0, 0.05) is 26.2 Å². The van der Waals surface area contributed by atoms with Gasteiger partial charge in [-0.25, -0.2) is 4.31 Å². The molecule has 2 rings (SSSR count). The fraction of sp³-hybridized carbons (Fsp3) is 0.500. The minimum atomic E-state index is -4.00. The number of nitrogens with one attached hydrogen (secondary N) is 1. The van der Waals surface area contributed by atoms with Crippen molar-refractivity contribution in [1.29, 1.82) is 0 Å². The van der Waals surface area contributed by atoms with Gasteiger partial charge in [-0.15, -0.1) is 0 Å². The lowest BCUT2D eigenvalue weighted by molar-refractivity contribution is -0.141. The second kappa shape index (κ2) is 12.1. The Bertz CT molecular complexity index is 1200. The van der Waals surface area contributed by atoms with Crippen molar-refractivity contribution in [3.63, 3.8) is 0 Å². The number of anilines is 1. The number of rotatable bonds is 10. The number of benzene rings is 2. The molecule has 0 radical (unpaired) electrons. The van der Waals surface area contributed by atoms with Crippen LogP contribution in [0.15, 0.2) is 42.5 Å². The van der Waals surface area contributed by atoms with E-state index in [-0.39, 0.29) is 12.5 Å². The predicted octanol–water partition coefficient (Wildman–Crippen LogP) is 3.95. The lowest BCUT2D eigenvalue weighted by Gasteiger charge is -2.35.